The number of halogens is 1. The van der Waals surface area contributed by atoms with Crippen molar-refractivity contribution in [3.8, 4) is 6.07 Å². The molecule has 0 heterocycles. The fourth-order valence-electron chi connectivity index (χ4n) is 1.64. The zero-order valence-corrected chi connectivity index (χ0v) is 11.3. The molecule has 2 aromatic carbocycles. The van der Waals surface area contributed by atoms with Gasteiger partial charge in [-0.15, -0.1) is 0 Å². The minimum Gasteiger partial charge on any atom is -0.286 e. The van der Waals surface area contributed by atoms with Gasteiger partial charge in [-0.25, -0.2) is 5.43 Å². The summed E-state index contributed by atoms with van der Waals surface area (Å²) in [6.07, 6.45) is 0. The third-order valence-corrected chi connectivity index (χ3v) is 2.95. The van der Waals surface area contributed by atoms with Crippen LogP contribution < -0.4 is 10.9 Å². The van der Waals surface area contributed by atoms with Crippen LogP contribution in [0.2, 0.25) is 5.02 Å². The van der Waals surface area contributed by atoms with Gasteiger partial charge in [0.1, 0.15) is 6.04 Å². The second kappa shape index (κ2) is 6.71. The molecule has 2 aromatic rings. The average Bonchev–Trinajstić information content (AvgIpc) is 2.50. The fourth-order valence-corrected chi connectivity index (χ4v) is 1.77. The van der Waals surface area contributed by atoms with E-state index >= 15 is 0 Å². The van der Waals surface area contributed by atoms with Crippen LogP contribution in [-0.2, 0) is 0 Å². The Morgan fingerprint density at radius 1 is 1.10 bits per heavy atom. The number of carbonyl (C=O) groups excluding carboxylic acids is 1. The molecule has 0 saturated carbocycles. The van der Waals surface area contributed by atoms with E-state index in [1.54, 1.807) is 48.5 Å². The van der Waals surface area contributed by atoms with Crippen molar-refractivity contribution >= 4 is 17.5 Å². The summed E-state index contributed by atoms with van der Waals surface area (Å²) >= 11 is 5.79. The molecule has 1 unspecified atom stereocenters. The summed E-state index contributed by atoms with van der Waals surface area (Å²) in [6.45, 7) is 0. The molecular weight excluding hydrogens is 274 g/mol. The number of hydrogen-bond donors (Lipinski definition) is 2. The number of hydrazine groups is 1. The van der Waals surface area contributed by atoms with Crippen LogP contribution in [0, 0.1) is 11.3 Å². The van der Waals surface area contributed by atoms with Crippen molar-refractivity contribution in [1.82, 2.24) is 10.9 Å². The van der Waals surface area contributed by atoms with Crippen LogP contribution in [0.4, 0.5) is 0 Å². The first kappa shape index (κ1) is 14.1. The monoisotopic (exact) mass is 285 g/mol. The van der Waals surface area contributed by atoms with Crippen molar-refractivity contribution in [2.75, 3.05) is 0 Å². The highest BCUT2D eigenvalue weighted by Gasteiger charge is 2.11. The van der Waals surface area contributed by atoms with Gasteiger partial charge in [0.05, 0.1) is 6.07 Å². The summed E-state index contributed by atoms with van der Waals surface area (Å²) in [7, 11) is 0. The smallest absolute Gasteiger partial charge is 0.265 e. The third-order valence-electron chi connectivity index (χ3n) is 2.70. The second-order valence-electron chi connectivity index (χ2n) is 4.08. The molecule has 2 N–H and O–H groups in total. The average molecular weight is 286 g/mol. The van der Waals surface area contributed by atoms with E-state index in [9.17, 15) is 4.79 Å². The zero-order chi connectivity index (χ0) is 14.4. The Bertz CT molecular complexity index is 620. The molecular formula is C15H12ClN3O. The summed E-state index contributed by atoms with van der Waals surface area (Å²) in [5.41, 5.74) is 6.47. The van der Waals surface area contributed by atoms with Gasteiger partial charge in [-0.2, -0.15) is 5.26 Å². The van der Waals surface area contributed by atoms with Crippen LogP contribution in [0.25, 0.3) is 0 Å². The molecule has 0 saturated heterocycles. The van der Waals surface area contributed by atoms with Gasteiger partial charge in [0.25, 0.3) is 5.91 Å². The molecule has 1 atom stereocenters. The van der Waals surface area contributed by atoms with E-state index in [2.05, 4.69) is 16.9 Å². The molecule has 0 aliphatic heterocycles. The lowest BCUT2D eigenvalue weighted by Crippen LogP contribution is -2.39. The maximum absolute atomic E-state index is 11.8. The number of benzene rings is 2. The van der Waals surface area contributed by atoms with Gasteiger partial charge >= 0.3 is 0 Å². The summed E-state index contributed by atoms with van der Waals surface area (Å²) in [6, 6.07) is 17.1. The normalized spacial score (nSPS) is 11.4. The maximum Gasteiger partial charge on any atom is 0.265 e. The van der Waals surface area contributed by atoms with E-state index in [1.807, 2.05) is 6.07 Å². The van der Waals surface area contributed by atoms with E-state index in [1.165, 1.54) is 0 Å². The Balaban J connectivity index is 2.00. The Hall–Kier alpha value is -2.35. The molecule has 4 nitrogen and oxygen atoms in total. The first-order valence-electron chi connectivity index (χ1n) is 5.96. The number of hydrogen-bond acceptors (Lipinski definition) is 3. The molecule has 0 radical (unpaired) electrons. The first-order chi connectivity index (χ1) is 9.70. The highest BCUT2D eigenvalue weighted by Crippen LogP contribution is 2.15. The molecule has 0 bridgehead atoms. The molecule has 0 aliphatic rings. The van der Waals surface area contributed by atoms with E-state index in [0.717, 1.165) is 5.56 Å². The molecule has 0 aliphatic carbocycles. The van der Waals surface area contributed by atoms with Crippen LogP contribution in [0.3, 0.4) is 0 Å². The molecule has 0 fully saturated rings. The van der Waals surface area contributed by atoms with Gasteiger partial charge in [0, 0.05) is 10.6 Å². The topological polar surface area (TPSA) is 64.9 Å². The van der Waals surface area contributed by atoms with Crippen LogP contribution in [0.1, 0.15) is 22.0 Å². The summed E-state index contributed by atoms with van der Waals surface area (Å²) in [5, 5.41) is 9.73. The molecule has 2 rings (SSSR count). The maximum atomic E-state index is 11.8. The Morgan fingerprint density at radius 2 is 1.75 bits per heavy atom. The number of nitriles is 1. The predicted octanol–water partition coefficient (Wildman–Crippen LogP) is 2.84. The minimum absolute atomic E-state index is 0.292. The number of carbonyl (C=O) groups is 1. The van der Waals surface area contributed by atoms with Gasteiger partial charge in [-0.1, -0.05) is 41.9 Å². The van der Waals surface area contributed by atoms with E-state index in [-0.39, 0.29) is 5.91 Å². The molecule has 100 valence electrons. The lowest BCUT2D eigenvalue weighted by molar-refractivity contribution is 0.0929. The van der Waals surface area contributed by atoms with Crippen molar-refractivity contribution in [1.29, 1.82) is 5.26 Å². The zero-order valence-electron chi connectivity index (χ0n) is 10.5. The lowest BCUT2D eigenvalue weighted by Gasteiger charge is -2.13. The second-order valence-corrected chi connectivity index (χ2v) is 4.51. The van der Waals surface area contributed by atoms with Crippen LogP contribution in [0.15, 0.2) is 54.6 Å². The van der Waals surface area contributed by atoms with Crippen LogP contribution in [0.5, 0.6) is 0 Å². The Labute approximate surface area is 122 Å². The highest BCUT2D eigenvalue weighted by atomic mass is 35.5. The summed E-state index contributed by atoms with van der Waals surface area (Å²) < 4.78 is 0. The largest absolute Gasteiger partial charge is 0.286 e. The van der Waals surface area contributed by atoms with E-state index in [0.29, 0.717) is 10.6 Å². The molecule has 1 amide bonds. The molecule has 20 heavy (non-hydrogen) atoms. The van der Waals surface area contributed by atoms with Crippen molar-refractivity contribution in [3.05, 3.63) is 70.7 Å². The molecule has 5 heteroatoms. The van der Waals surface area contributed by atoms with Crippen molar-refractivity contribution in [2.24, 2.45) is 0 Å². The third kappa shape index (κ3) is 3.58. The van der Waals surface area contributed by atoms with Gasteiger partial charge in [0.15, 0.2) is 0 Å². The standard InChI is InChI=1S/C15H12ClN3O/c16-13-8-6-11(7-9-13)14(10-17)18-19-15(20)12-4-2-1-3-5-12/h1-9,14,18H,(H,19,20). The van der Waals surface area contributed by atoms with Gasteiger partial charge < -0.3 is 0 Å². The quantitative estimate of drug-likeness (QED) is 0.849. The highest BCUT2D eigenvalue weighted by molar-refractivity contribution is 6.30. The number of nitrogens with zero attached hydrogens (tertiary/aromatic N) is 1. The van der Waals surface area contributed by atoms with E-state index < -0.39 is 6.04 Å². The van der Waals surface area contributed by atoms with Crippen molar-refractivity contribution in [3.63, 3.8) is 0 Å². The van der Waals surface area contributed by atoms with Gasteiger partial charge in [-0.3, -0.25) is 10.2 Å². The Morgan fingerprint density at radius 3 is 2.35 bits per heavy atom. The van der Waals surface area contributed by atoms with Crippen LogP contribution in [-0.4, -0.2) is 5.91 Å². The molecule has 0 aromatic heterocycles. The summed E-state index contributed by atoms with van der Waals surface area (Å²) in [5.74, 6) is -0.292. The van der Waals surface area contributed by atoms with E-state index in [4.69, 9.17) is 16.9 Å². The van der Waals surface area contributed by atoms with Crippen molar-refractivity contribution < 1.29 is 4.79 Å². The number of rotatable bonds is 4. The van der Waals surface area contributed by atoms with Crippen LogP contribution >= 0.6 is 11.6 Å². The molecule has 0 spiro atoms. The summed E-state index contributed by atoms with van der Waals surface area (Å²) in [4.78, 5) is 11.8. The van der Waals surface area contributed by atoms with Gasteiger partial charge in [0.2, 0.25) is 0 Å². The fraction of sp³-hybridized carbons (Fsp3) is 0.0667. The lowest BCUT2D eigenvalue weighted by atomic mass is 10.1. The van der Waals surface area contributed by atoms with Crippen molar-refractivity contribution in [2.45, 2.75) is 6.04 Å². The predicted molar refractivity (Wildman–Crippen MR) is 76.8 cm³/mol. The van der Waals surface area contributed by atoms with Gasteiger partial charge in [-0.05, 0) is 29.8 Å². The Kier molecular flexibility index (Phi) is 4.72. The first-order valence-corrected chi connectivity index (χ1v) is 6.34. The number of amides is 1. The SMILES string of the molecule is N#CC(NNC(=O)c1ccccc1)c1ccc(Cl)cc1. The minimum atomic E-state index is -0.639. The number of nitrogens with one attached hydrogen (secondary N) is 2.